The Kier molecular flexibility index (Phi) is 20.9. The summed E-state index contributed by atoms with van der Waals surface area (Å²) in [6.07, 6.45) is 0.0938. The summed E-state index contributed by atoms with van der Waals surface area (Å²) < 4.78 is 20.8. The van der Waals surface area contributed by atoms with Gasteiger partial charge in [0.15, 0.2) is 0 Å². The van der Waals surface area contributed by atoms with E-state index in [1.165, 1.54) is 6.92 Å². The summed E-state index contributed by atoms with van der Waals surface area (Å²) in [5.74, 6) is -3.85. The maximum Gasteiger partial charge on any atom is 0.326 e. The Morgan fingerprint density at radius 2 is 1.18 bits per heavy atom. The third-order valence-corrected chi connectivity index (χ3v) is 4.77. The Morgan fingerprint density at radius 1 is 0.667 bits per heavy atom. The number of nitrogens with one attached hydrogen (secondary N) is 3. The first kappa shape index (κ1) is 35.8. The van der Waals surface area contributed by atoms with Crippen LogP contribution in [0.5, 0.6) is 0 Å². The number of nitrogens with two attached hydrogens (primary N) is 1. The fourth-order valence-electron chi connectivity index (χ4n) is 2.69. The number of Topliss-reactive ketones (excluding diaryl/α,β-unsaturated/α-hetero) is 1. The van der Waals surface area contributed by atoms with E-state index < -0.39 is 29.9 Å². The van der Waals surface area contributed by atoms with Gasteiger partial charge in [0, 0.05) is 25.9 Å². The molecule has 0 aliphatic carbocycles. The van der Waals surface area contributed by atoms with Crippen LogP contribution < -0.4 is 21.7 Å². The normalized spacial score (nSPS) is 12.3. The van der Waals surface area contributed by atoms with Crippen molar-refractivity contribution >= 4 is 35.4 Å². The molecule has 0 aliphatic heterocycles. The zero-order chi connectivity index (χ0) is 29.5. The van der Waals surface area contributed by atoms with Crippen LogP contribution in [0.2, 0.25) is 0 Å². The van der Waals surface area contributed by atoms with Crippen LogP contribution in [0.1, 0.15) is 32.6 Å². The Hall–Kier alpha value is -3.18. The largest absolute Gasteiger partial charge is 0.480 e. The second kappa shape index (κ2) is 22.8. The van der Waals surface area contributed by atoms with E-state index in [2.05, 4.69) is 16.0 Å². The number of hydrogen-bond donors (Lipinski definition) is 6. The lowest BCUT2D eigenvalue weighted by atomic mass is 10.1. The van der Waals surface area contributed by atoms with Crippen molar-refractivity contribution in [2.24, 2.45) is 5.73 Å². The quantitative estimate of drug-likeness (QED) is 0.0625. The van der Waals surface area contributed by atoms with Crippen molar-refractivity contribution in [3.8, 4) is 0 Å². The molecular weight excluding hydrogens is 524 g/mol. The molecule has 0 radical (unpaired) electrons. The molecule has 0 rings (SSSR count). The number of carbonyl (C=O) groups is 6. The lowest BCUT2D eigenvalue weighted by molar-refractivity contribution is -0.143. The third kappa shape index (κ3) is 22.5. The molecule has 39 heavy (non-hydrogen) atoms. The first-order valence-electron chi connectivity index (χ1n) is 12.4. The number of amides is 3. The molecule has 2 atom stereocenters. The van der Waals surface area contributed by atoms with Crippen molar-refractivity contribution < 1.29 is 57.9 Å². The number of carboxylic acids is 2. The first-order valence-corrected chi connectivity index (χ1v) is 12.4. The van der Waals surface area contributed by atoms with Crippen LogP contribution in [0, 0.1) is 0 Å². The molecule has 3 amide bonds. The van der Waals surface area contributed by atoms with Crippen molar-refractivity contribution in [2.75, 3.05) is 65.9 Å². The van der Waals surface area contributed by atoms with Crippen LogP contribution in [0.3, 0.4) is 0 Å². The fourth-order valence-corrected chi connectivity index (χ4v) is 2.69. The number of carboxylic acid groups (broad SMARTS) is 2. The lowest BCUT2D eigenvalue weighted by Gasteiger charge is -2.14. The number of hydrogen-bond acceptors (Lipinski definition) is 11. The molecule has 0 saturated heterocycles. The van der Waals surface area contributed by atoms with Gasteiger partial charge in [0.05, 0.1) is 39.6 Å². The molecule has 0 aromatic rings. The highest BCUT2D eigenvalue weighted by Gasteiger charge is 2.20. The van der Waals surface area contributed by atoms with Crippen LogP contribution in [0.25, 0.3) is 0 Å². The average molecular weight is 565 g/mol. The van der Waals surface area contributed by atoms with Gasteiger partial charge in [0.25, 0.3) is 0 Å². The van der Waals surface area contributed by atoms with Gasteiger partial charge in [-0.2, -0.15) is 0 Å². The topological polar surface area (TPSA) is 242 Å². The fraction of sp³-hybridized carbons (Fsp3) is 0.739. The zero-order valence-corrected chi connectivity index (χ0v) is 22.1. The lowest BCUT2D eigenvalue weighted by Crippen LogP contribution is -2.42. The molecule has 0 unspecified atom stereocenters. The zero-order valence-electron chi connectivity index (χ0n) is 22.1. The van der Waals surface area contributed by atoms with Gasteiger partial charge in [-0.15, -0.1) is 0 Å². The molecule has 7 N–H and O–H groups in total. The van der Waals surface area contributed by atoms with Crippen molar-refractivity contribution in [2.45, 2.75) is 44.7 Å². The third-order valence-electron chi connectivity index (χ3n) is 4.77. The van der Waals surface area contributed by atoms with E-state index in [-0.39, 0.29) is 109 Å². The van der Waals surface area contributed by atoms with Crippen LogP contribution >= 0.6 is 0 Å². The highest BCUT2D eigenvalue weighted by molar-refractivity contribution is 5.85. The molecule has 16 nitrogen and oxygen atoms in total. The van der Waals surface area contributed by atoms with E-state index in [4.69, 9.17) is 34.9 Å². The van der Waals surface area contributed by atoms with Crippen LogP contribution in [-0.2, 0) is 47.7 Å². The number of rotatable bonds is 25. The van der Waals surface area contributed by atoms with E-state index in [1.807, 2.05) is 0 Å². The van der Waals surface area contributed by atoms with Crippen LogP contribution in [-0.4, -0.2) is 124 Å². The smallest absolute Gasteiger partial charge is 0.326 e. The molecule has 0 aromatic heterocycles. The summed E-state index contributed by atoms with van der Waals surface area (Å²) in [5, 5.41) is 25.2. The molecule has 0 fully saturated rings. The Bertz CT molecular complexity index is 780. The monoisotopic (exact) mass is 564 g/mol. The van der Waals surface area contributed by atoms with E-state index >= 15 is 0 Å². The van der Waals surface area contributed by atoms with Gasteiger partial charge in [-0.25, -0.2) is 4.79 Å². The van der Waals surface area contributed by atoms with E-state index in [0.29, 0.717) is 0 Å². The molecule has 16 heteroatoms. The van der Waals surface area contributed by atoms with E-state index in [9.17, 15) is 28.8 Å². The highest BCUT2D eigenvalue weighted by Crippen LogP contribution is 1.99. The SMILES string of the molecule is CC(=O)CC[C@H](NC(=O)COCCOCCNC(=O)COCCOCCNC(=O)CC[C@H](N)C(=O)O)C(=O)O. The van der Waals surface area contributed by atoms with Gasteiger partial charge >= 0.3 is 11.9 Å². The van der Waals surface area contributed by atoms with Gasteiger partial charge in [-0.3, -0.25) is 19.2 Å². The maximum absolute atomic E-state index is 11.7. The van der Waals surface area contributed by atoms with Gasteiger partial charge in [-0.05, 0) is 19.8 Å². The summed E-state index contributed by atoms with van der Waals surface area (Å²) in [5.41, 5.74) is 5.32. The van der Waals surface area contributed by atoms with Gasteiger partial charge in [-0.1, -0.05) is 0 Å². The minimum atomic E-state index is -1.23. The Labute approximate surface area is 226 Å². The van der Waals surface area contributed by atoms with Crippen molar-refractivity contribution in [1.82, 2.24) is 16.0 Å². The molecule has 224 valence electrons. The predicted octanol–water partition coefficient (Wildman–Crippen LogP) is -2.58. The molecule has 0 aliphatic rings. The van der Waals surface area contributed by atoms with E-state index in [0.717, 1.165) is 0 Å². The Balaban J connectivity index is 3.57. The molecule has 0 bridgehead atoms. The second-order valence-electron chi connectivity index (χ2n) is 8.21. The standard InChI is InChI=1S/C23H40N4O12/c1-16(28)2-4-18(23(34)35)27-21(31)15-39-13-11-37-9-7-26-20(30)14-38-12-10-36-8-6-25-19(29)5-3-17(24)22(32)33/h17-18H,2-15,24H2,1H3,(H,25,29)(H,26,30)(H,27,31)(H,32,33)(H,34,35)/t17-,18-/m0/s1. The van der Waals surface area contributed by atoms with Gasteiger partial charge < -0.3 is 55.6 Å². The summed E-state index contributed by atoms with van der Waals surface area (Å²) >= 11 is 0. The second-order valence-corrected chi connectivity index (χ2v) is 8.21. The first-order chi connectivity index (χ1) is 18.5. The summed E-state index contributed by atoms with van der Waals surface area (Å²) in [7, 11) is 0. The maximum atomic E-state index is 11.7. The Morgan fingerprint density at radius 3 is 1.69 bits per heavy atom. The summed E-state index contributed by atoms with van der Waals surface area (Å²) in [6.45, 7) is 2.31. The van der Waals surface area contributed by atoms with Crippen molar-refractivity contribution in [1.29, 1.82) is 0 Å². The van der Waals surface area contributed by atoms with Crippen LogP contribution in [0.4, 0.5) is 0 Å². The van der Waals surface area contributed by atoms with Crippen molar-refractivity contribution in [3.63, 3.8) is 0 Å². The van der Waals surface area contributed by atoms with Gasteiger partial charge in [0.1, 0.15) is 31.1 Å². The number of aliphatic carboxylic acids is 2. The molecule has 0 aromatic carbocycles. The minimum absolute atomic E-state index is 0.00140. The highest BCUT2D eigenvalue weighted by atomic mass is 16.5. The van der Waals surface area contributed by atoms with Crippen LogP contribution in [0.15, 0.2) is 0 Å². The summed E-state index contributed by atoms with van der Waals surface area (Å²) in [4.78, 5) is 67.6. The molecular formula is C23H40N4O12. The minimum Gasteiger partial charge on any atom is -0.480 e. The number of ether oxygens (including phenoxy) is 4. The van der Waals surface area contributed by atoms with E-state index in [1.54, 1.807) is 0 Å². The summed E-state index contributed by atoms with van der Waals surface area (Å²) in [6, 6.07) is -2.24. The molecule has 0 spiro atoms. The number of ketones is 1. The molecule has 0 heterocycles. The van der Waals surface area contributed by atoms with Gasteiger partial charge in [0.2, 0.25) is 17.7 Å². The molecule has 0 saturated carbocycles. The number of carbonyl (C=O) groups excluding carboxylic acids is 4. The predicted molar refractivity (Wildman–Crippen MR) is 134 cm³/mol. The van der Waals surface area contributed by atoms with Crippen molar-refractivity contribution in [3.05, 3.63) is 0 Å². The average Bonchev–Trinajstić information content (AvgIpc) is 2.87.